The van der Waals surface area contributed by atoms with E-state index in [1.807, 2.05) is 26.0 Å². The minimum atomic E-state index is -0.515. The standard InChI is InChI=1S/C15H15BrN4O2S/c1-3-23-15-17-8-11(16)12(18-15)14(22)20-19-13(21)10-7-5-4-6-9(10)2/h4-8H,3H2,1-2H3,(H,19,21)(H,20,22). The lowest BCUT2D eigenvalue weighted by atomic mass is 10.1. The fourth-order valence-corrected chi connectivity index (χ4v) is 2.69. The normalized spacial score (nSPS) is 10.2. The van der Waals surface area contributed by atoms with E-state index in [0.717, 1.165) is 11.3 Å². The van der Waals surface area contributed by atoms with Gasteiger partial charge in [-0.1, -0.05) is 36.9 Å². The molecule has 0 atom stereocenters. The Morgan fingerprint density at radius 2 is 1.91 bits per heavy atom. The number of carbonyl (C=O) groups excluding carboxylic acids is 2. The number of nitrogens with one attached hydrogen (secondary N) is 2. The lowest BCUT2D eigenvalue weighted by Crippen LogP contribution is -2.42. The van der Waals surface area contributed by atoms with Gasteiger partial charge in [0.05, 0.1) is 4.47 Å². The van der Waals surface area contributed by atoms with Crippen LogP contribution in [0, 0.1) is 6.92 Å². The number of hydrogen-bond donors (Lipinski definition) is 2. The summed E-state index contributed by atoms with van der Waals surface area (Å²) in [6.45, 7) is 3.80. The van der Waals surface area contributed by atoms with Crippen molar-refractivity contribution in [2.75, 3.05) is 5.75 Å². The molecular formula is C15H15BrN4O2S. The zero-order valence-electron chi connectivity index (χ0n) is 12.6. The zero-order chi connectivity index (χ0) is 16.8. The van der Waals surface area contributed by atoms with Gasteiger partial charge in [0.15, 0.2) is 5.16 Å². The Bertz CT molecular complexity index is 739. The van der Waals surface area contributed by atoms with Crippen LogP contribution >= 0.6 is 27.7 Å². The molecule has 0 bridgehead atoms. The maximum Gasteiger partial charge on any atom is 0.289 e. The third-order valence-corrected chi connectivity index (χ3v) is 4.21. The smallest absolute Gasteiger partial charge is 0.267 e. The molecule has 0 saturated carbocycles. The molecule has 0 radical (unpaired) electrons. The second kappa shape index (κ2) is 8.07. The van der Waals surface area contributed by atoms with E-state index in [0.29, 0.717) is 15.2 Å². The number of amides is 2. The highest BCUT2D eigenvalue weighted by Crippen LogP contribution is 2.18. The van der Waals surface area contributed by atoms with E-state index in [1.54, 1.807) is 12.1 Å². The summed E-state index contributed by atoms with van der Waals surface area (Å²) >= 11 is 4.67. The summed E-state index contributed by atoms with van der Waals surface area (Å²) in [5.74, 6) is -0.101. The predicted molar refractivity (Wildman–Crippen MR) is 92.2 cm³/mol. The molecule has 0 spiro atoms. The molecule has 2 aromatic rings. The molecule has 2 N–H and O–H groups in total. The lowest BCUT2D eigenvalue weighted by molar-refractivity contribution is 0.0842. The number of nitrogens with zero attached hydrogens (tertiary/aromatic N) is 2. The molecule has 8 heteroatoms. The molecule has 0 saturated heterocycles. The maximum absolute atomic E-state index is 12.2. The van der Waals surface area contributed by atoms with Crippen molar-refractivity contribution in [2.24, 2.45) is 0 Å². The summed E-state index contributed by atoms with van der Waals surface area (Å²) in [5.41, 5.74) is 6.24. The summed E-state index contributed by atoms with van der Waals surface area (Å²) in [6, 6.07) is 7.12. The van der Waals surface area contributed by atoms with Gasteiger partial charge < -0.3 is 0 Å². The quantitative estimate of drug-likeness (QED) is 0.473. The van der Waals surface area contributed by atoms with Gasteiger partial charge in [0.1, 0.15) is 5.69 Å². The van der Waals surface area contributed by atoms with E-state index >= 15 is 0 Å². The highest BCUT2D eigenvalue weighted by molar-refractivity contribution is 9.10. The summed E-state index contributed by atoms with van der Waals surface area (Å²) in [6.07, 6.45) is 1.52. The Hall–Kier alpha value is -1.93. The van der Waals surface area contributed by atoms with Crippen molar-refractivity contribution < 1.29 is 9.59 Å². The van der Waals surface area contributed by atoms with Crippen molar-refractivity contribution in [1.82, 2.24) is 20.8 Å². The van der Waals surface area contributed by atoms with Gasteiger partial charge in [0.25, 0.3) is 11.8 Å². The van der Waals surface area contributed by atoms with Gasteiger partial charge in [-0.25, -0.2) is 9.97 Å². The van der Waals surface area contributed by atoms with Crippen LogP contribution in [0.3, 0.4) is 0 Å². The number of carbonyl (C=O) groups is 2. The van der Waals surface area contributed by atoms with Gasteiger partial charge in [0.2, 0.25) is 0 Å². The van der Waals surface area contributed by atoms with Crippen LogP contribution in [-0.4, -0.2) is 27.5 Å². The highest BCUT2D eigenvalue weighted by atomic mass is 79.9. The Morgan fingerprint density at radius 1 is 1.22 bits per heavy atom. The molecule has 1 heterocycles. The fourth-order valence-electron chi connectivity index (χ4n) is 1.78. The van der Waals surface area contributed by atoms with Crippen molar-refractivity contribution in [3.8, 4) is 0 Å². The number of thioether (sulfide) groups is 1. The zero-order valence-corrected chi connectivity index (χ0v) is 15.0. The van der Waals surface area contributed by atoms with Crippen molar-refractivity contribution in [3.05, 3.63) is 51.8 Å². The number of hydrogen-bond acceptors (Lipinski definition) is 5. The first-order valence-corrected chi connectivity index (χ1v) is 8.62. The maximum atomic E-state index is 12.2. The second-order valence-electron chi connectivity index (χ2n) is 4.51. The van der Waals surface area contributed by atoms with Crippen LogP contribution < -0.4 is 10.9 Å². The van der Waals surface area contributed by atoms with Crippen LogP contribution in [0.15, 0.2) is 40.1 Å². The lowest BCUT2D eigenvalue weighted by Gasteiger charge is -2.10. The molecule has 0 aliphatic heterocycles. The minimum Gasteiger partial charge on any atom is -0.267 e. The topological polar surface area (TPSA) is 84.0 Å². The van der Waals surface area contributed by atoms with Gasteiger partial charge in [-0.3, -0.25) is 20.4 Å². The van der Waals surface area contributed by atoms with Gasteiger partial charge in [0, 0.05) is 11.8 Å². The summed E-state index contributed by atoms with van der Waals surface area (Å²) < 4.78 is 0.459. The van der Waals surface area contributed by atoms with Crippen LogP contribution in [0.2, 0.25) is 0 Å². The predicted octanol–water partition coefficient (Wildman–Crippen LogP) is 2.73. The molecule has 1 aromatic carbocycles. The van der Waals surface area contributed by atoms with E-state index < -0.39 is 5.91 Å². The molecule has 6 nitrogen and oxygen atoms in total. The van der Waals surface area contributed by atoms with E-state index in [1.165, 1.54) is 18.0 Å². The SMILES string of the molecule is CCSc1ncc(Br)c(C(=O)NNC(=O)c2ccccc2C)n1. The van der Waals surface area contributed by atoms with Crippen LogP contribution in [0.1, 0.15) is 33.3 Å². The number of hydrazine groups is 1. The van der Waals surface area contributed by atoms with Crippen molar-refractivity contribution in [2.45, 2.75) is 19.0 Å². The number of aryl methyl sites for hydroxylation is 1. The molecule has 2 rings (SSSR count). The molecule has 23 heavy (non-hydrogen) atoms. The first-order valence-electron chi connectivity index (χ1n) is 6.84. The second-order valence-corrected chi connectivity index (χ2v) is 6.59. The minimum absolute atomic E-state index is 0.168. The molecule has 2 amide bonds. The Morgan fingerprint density at radius 3 is 2.61 bits per heavy atom. The number of benzene rings is 1. The summed E-state index contributed by atoms with van der Waals surface area (Å²) in [5, 5.41) is 0.506. The third-order valence-electron chi connectivity index (χ3n) is 2.89. The average Bonchev–Trinajstić information content (AvgIpc) is 2.54. The first-order chi connectivity index (χ1) is 11.0. The van der Waals surface area contributed by atoms with Crippen LogP contribution in [0.25, 0.3) is 0 Å². The molecule has 0 aliphatic rings. The average molecular weight is 395 g/mol. The molecular weight excluding hydrogens is 380 g/mol. The van der Waals surface area contributed by atoms with Crippen molar-refractivity contribution in [1.29, 1.82) is 0 Å². The molecule has 1 aromatic heterocycles. The van der Waals surface area contributed by atoms with Gasteiger partial charge in [-0.2, -0.15) is 0 Å². The number of rotatable bonds is 4. The van der Waals surface area contributed by atoms with Crippen LogP contribution in [0.4, 0.5) is 0 Å². The molecule has 0 aliphatic carbocycles. The summed E-state index contributed by atoms with van der Waals surface area (Å²) in [7, 11) is 0. The van der Waals surface area contributed by atoms with E-state index in [-0.39, 0.29) is 11.6 Å². The van der Waals surface area contributed by atoms with Crippen molar-refractivity contribution in [3.63, 3.8) is 0 Å². The number of aromatic nitrogens is 2. The van der Waals surface area contributed by atoms with Crippen LogP contribution in [-0.2, 0) is 0 Å². The highest BCUT2D eigenvalue weighted by Gasteiger charge is 2.15. The molecule has 0 fully saturated rings. The Kier molecular flexibility index (Phi) is 6.12. The van der Waals surface area contributed by atoms with Gasteiger partial charge >= 0.3 is 0 Å². The van der Waals surface area contributed by atoms with Crippen LogP contribution in [0.5, 0.6) is 0 Å². The molecule has 0 unspecified atom stereocenters. The van der Waals surface area contributed by atoms with Gasteiger partial charge in [-0.05, 0) is 40.2 Å². The summed E-state index contributed by atoms with van der Waals surface area (Å²) in [4.78, 5) is 32.5. The largest absolute Gasteiger partial charge is 0.289 e. The fraction of sp³-hybridized carbons (Fsp3) is 0.200. The Balaban J connectivity index is 2.06. The van der Waals surface area contributed by atoms with E-state index in [2.05, 4.69) is 36.7 Å². The van der Waals surface area contributed by atoms with E-state index in [9.17, 15) is 9.59 Å². The molecule has 120 valence electrons. The monoisotopic (exact) mass is 394 g/mol. The third kappa shape index (κ3) is 4.52. The van der Waals surface area contributed by atoms with E-state index in [4.69, 9.17) is 0 Å². The Labute approximate surface area is 146 Å². The van der Waals surface area contributed by atoms with Crippen molar-refractivity contribution >= 4 is 39.5 Å². The first kappa shape index (κ1) is 17.4. The van der Waals surface area contributed by atoms with Gasteiger partial charge in [-0.15, -0.1) is 0 Å². The number of halogens is 1.